The summed E-state index contributed by atoms with van der Waals surface area (Å²) >= 11 is 0. The number of nitrogens with one attached hydrogen (secondary N) is 2. The van der Waals surface area contributed by atoms with Crippen molar-refractivity contribution < 1.29 is 14.9 Å². The number of aromatic nitrogens is 2. The Morgan fingerprint density at radius 2 is 2.08 bits per heavy atom. The summed E-state index contributed by atoms with van der Waals surface area (Å²) in [6, 6.07) is 6.37. The van der Waals surface area contributed by atoms with Crippen LogP contribution in [0.2, 0.25) is 0 Å². The van der Waals surface area contributed by atoms with Gasteiger partial charge in [0.05, 0.1) is 6.33 Å². The van der Waals surface area contributed by atoms with Crippen molar-refractivity contribution in [3.05, 3.63) is 51.7 Å². The van der Waals surface area contributed by atoms with Gasteiger partial charge in [-0.3, -0.25) is 9.69 Å². The Morgan fingerprint density at radius 1 is 1.31 bits per heavy atom. The number of quaternary nitrogens is 1. The van der Waals surface area contributed by atoms with E-state index in [-0.39, 0.29) is 23.1 Å². The van der Waals surface area contributed by atoms with Crippen LogP contribution in [0.3, 0.4) is 0 Å². The van der Waals surface area contributed by atoms with E-state index in [9.17, 15) is 15.1 Å². The van der Waals surface area contributed by atoms with Gasteiger partial charge in [-0.05, 0) is 6.07 Å². The molecule has 0 bridgehead atoms. The van der Waals surface area contributed by atoms with Crippen LogP contribution in [0.25, 0.3) is 0 Å². The zero-order valence-corrected chi connectivity index (χ0v) is 14.6. The summed E-state index contributed by atoms with van der Waals surface area (Å²) in [5, 5.41) is 22.0. The van der Waals surface area contributed by atoms with Crippen LogP contribution in [0.5, 0.6) is 5.75 Å². The summed E-state index contributed by atoms with van der Waals surface area (Å²) in [5.74, 6) is 0.848. The molecule has 26 heavy (non-hydrogen) atoms. The molecule has 9 heteroatoms. The highest BCUT2D eigenvalue weighted by Gasteiger charge is 2.20. The number of nitrogens with zero attached hydrogens (tertiary/aromatic N) is 3. The van der Waals surface area contributed by atoms with Gasteiger partial charge in [-0.1, -0.05) is 0 Å². The van der Waals surface area contributed by atoms with E-state index < -0.39 is 0 Å². The first-order chi connectivity index (χ1) is 12.6. The van der Waals surface area contributed by atoms with E-state index in [1.54, 1.807) is 18.2 Å². The normalized spacial score (nSPS) is 16.6. The minimum Gasteiger partial charge on any atom is -0.627 e. The van der Waals surface area contributed by atoms with E-state index in [0.29, 0.717) is 18.1 Å². The maximum atomic E-state index is 12.0. The van der Waals surface area contributed by atoms with Crippen molar-refractivity contribution in [2.24, 2.45) is 0 Å². The molecule has 1 aliphatic rings. The van der Waals surface area contributed by atoms with Gasteiger partial charge < -0.3 is 30.0 Å². The Bertz CT molecular complexity index is 789. The second-order valence-electron chi connectivity index (χ2n) is 6.23. The number of phenolic OH excluding ortho intramolecular Hbond substituents is 1. The number of H-pyrrole nitrogens is 1. The number of hydrogen-bond donors (Lipinski definition) is 3. The molecule has 0 aliphatic carbocycles. The van der Waals surface area contributed by atoms with Gasteiger partial charge in [-0.2, -0.15) is 0 Å². The number of aromatic hydroxyl groups is 1. The fourth-order valence-electron chi connectivity index (χ4n) is 3.01. The number of piperazine rings is 1. The van der Waals surface area contributed by atoms with Crippen LogP contribution in [0.1, 0.15) is 5.56 Å². The quantitative estimate of drug-likeness (QED) is 0.359. The van der Waals surface area contributed by atoms with Crippen molar-refractivity contribution in [3.8, 4) is 5.75 Å². The Balaban J connectivity index is 1.62. The van der Waals surface area contributed by atoms with Crippen LogP contribution < -0.4 is 15.5 Å². The monoisotopic (exact) mass is 361 g/mol. The Kier molecular flexibility index (Phi) is 5.84. The Hall–Kier alpha value is -2.46. The average molecular weight is 361 g/mol. The van der Waals surface area contributed by atoms with E-state index in [1.165, 1.54) is 19.5 Å². The number of hydrogen-bond acceptors (Lipinski definition) is 7. The molecule has 1 fully saturated rings. The third kappa shape index (κ3) is 4.38. The molecule has 2 heterocycles. The first-order valence-corrected chi connectivity index (χ1v) is 8.43. The SMILES string of the molecule is COC[NH+]([O-])c1ccc(O)c(CN2CCN(c3cc(=O)[nH]cn3)CC2)c1. The molecule has 2 aromatic rings. The average Bonchev–Trinajstić information content (AvgIpc) is 2.64. The molecule has 1 aromatic heterocycles. The van der Waals surface area contributed by atoms with E-state index in [0.717, 1.165) is 31.7 Å². The predicted molar refractivity (Wildman–Crippen MR) is 96.3 cm³/mol. The minimum atomic E-state index is -0.167. The lowest BCUT2D eigenvalue weighted by Crippen LogP contribution is -3.02. The van der Waals surface area contributed by atoms with Crippen molar-refractivity contribution in [2.45, 2.75) is 6.54 Å². The van der Waals surface area contributed by atoms with Crippen LogP contribution in [-0.2, 0) is 11.3 Å². The number of phenols is 1. The molecule has 0 saturated carbocycles. The van der Waals surface area contributed by atoms with Crippen molar-refractivity contribution in [2.75, 3.05) is 44.9 Å². The summed E-state index contributed by atoms with van der Waals surface area (Å²) in [6.45, 7) is 3.58. The topological polar surface area (TPSA) is 109 Å². The standard InChI is InChI=1S/C17H23N5O4/c1-26-12-22(25)14-2-3-15(23)13(8-14)10-20-4-6-21(7-5-20)16-9-17(24)19-11-18-16/h2-3,8-9,11,22-23H,4-7,10,12H2,1H3,(H,18,19,24). The summed E-state index contributed by atoms with van der Waals surface area (Å²) in [5.41, 5.74) is 1.08. The second-order valence-corrected chi connectivity index (χ2v) is 6.23. The molecule has 0 amide bonds. The lowest BCUT2D eigenvalue weighted by Gasteiger charge is -2.35. The molecule has 3 N–H and O–H groups in total. The van der Waals surface area contributed by atoms with Crippen LogP contribution in [0.15, 0.2) is 35.4 Å². The molecule has 1 aliphatic heterocycles. The third-order valence-corrected chi connectivity index (χ3v) is 4.43. The van der Waals surface area contributed by atoms with Gasteiger partial charge in [0.1, 0.15) is 17.3 Å². The molecule has 0 radical (unpaired) electrons. The largest absolute Gasteiger partial charge is 0.627 e. The number of hydroxylamine groups is 1. The molecule has 1 aromatic carbocycles. The van der Waals surface area contributed by atoms with E-state index in [4.69, 9.17) is 4.74 Å². The highest BCUT2D eigenvalue weighted by molar-refractivity contribution is 5.43. The summed E-state index contributed by atoms with van der Waals surface area (Å²) < 4.78 is 4.88. The van der Waals surface area contributed by atoms with Crippen molar-refractivity contribution in [1.29, 1.82) is 0 Å². The van der Waals surface area contributed by atoms with Crippen LogP contribution in [0.4, 0.5) is 11.5 Å². The molecule has 1 atom stereocenters. The maximum Gasteiger partial charge on any atom is 0.252 e. The molecular formula is C17H23N5O4. The highest BCUT2D eigenvalue weighted by Crippen LogP contribution is 2.22. The first-order valence-electron chi connectivity index (χ1n) is 8.43. The first kappa shape index (κ1) is 18.3. The predicted octanol–water partition coefficient (Wildman–Crippen LogP) is -0.584. The van der Waals surface area contributed by atoms with Crippen LogP contribution >= 0.6 is 0 Å². The second kappa shape index (κ2) is 8.28. The number of benzene rings is 1. The smallest absolute Gasteiger partial charge is 0.252 e. The van der Waals surface area contributed by atoms with Gasteiger partial charge >= 0.3 is 0 Å². The lowest BCUT2D eigenvalue weighted by molar-refractivity contribution is -0.801. The van der Waals surface area contributed by atoms with Crippen LogP contribution in [-0.4, -0.2) is 60.0 Å². The molecule has 9 nitrogen and oxygen atoms in total. The molecular weight excluding hydrogens is 338 g/mol. The van der Waals surface area contributed by atoms with Gasteiger partial charge in [-0.25, -0.2) is 4.98 Å². The fraction of sp³-hybridized carbons (Fsp3) is 0.412. The number of ether oxygens (including phenoxy) is 1. The van der Waals surface area contributed by atoms with Gasteiger partial charge in [0.15, 0.2) is 6.73 Å². The summed E-state index contributed by atoms with van der Waals surface area (Å²) in [4.78, 5) is 22.4. The molecule has 3 rings (SSSR count). The van der Waals surface area contributed by atoms with Crippen LogP contribution in [0, 0.1) is 5.21 Å². The van der Waals surface area contributed by atoms with E-state index in [1.807, 2.05) is 0 Å². The zero-order valence-electron chi connectivity index (χ0n) is 14.6. The summed E-state index contributed by atoms with van der Waals surface area (Å²) in [7, 11) is 1.48. The zero-order chi connectivity index (χ0) is 18.5. The van der Waals surface area contributed by atoms with E-state index in [2.05, 4.69) is 19.8 Å². The summed E-state index contributed by atoms with van der Waals surface area (Å²) in [6.07, 6.45) is 1.41. The minimum absolute atomic E-state index is 0.0199. The number of rotatable bonds is 6. The van der Waals surface area contributed by atoms with E-state index >= 15 is 0 Å². The number of anilines is 1. The third-order valence-electron chi connectivity index (χ3n) is 4.43. The Labute approximate surface area is 151 Å². The van der Waals surface area contributed by atoms with Gasteiger partial charge in [0.25, 0.3) is 5.56 Å². The number of methoxy groups -OCH3 is 1. The molecule has 1 unspecified atom stereocenters. The lowest BCUT2D eigenvalue weighted by atomic mass is 10.1. The molecule has 0 spiro atoms. The van der Waals surface area contributed by atoms with Crippen molar-refractivity contribution in [1.82, 2.24) is 14.9 Å². The molecule has 140 valence electrons. The van der Waals surface area contributed by atoms with Crippen molar-refractivity contribution >= 4 is 11.5 Å². The molecule has 1 saturated heterocycles. The fourth-order valence-corrected chi connectivity index (χ4v) is 3.01. The van der Waals surface area contributed by atoms with Crippen molar-refractivity contribution in [3.63, 3.8) is 0 Å². The Morgan fingerprint density at radius 3 is 2.77 bits per heavy atom. The van der Waals surface area contributed by atoms with Gasteiger partial charge in [0.2, 0.25) is 0 Å². The highest BCUT2D eigenvalue weighted by atomic mass is 16.6. The van der Waals surface area contributed by atoms with Gasteiger partial charge in [-0.15, -0.1) is 0 Å². The maximum absolute atomic E-state index is 12.0. The van der Waals surface area contributed by atoms with Gasteiger partial charge in [0, 0.05) is 63.6 Å². The number of aromatic amines is 1.